The van der Waals surface area contributed by atoms with Crippen molar-refractivity contribution in [1.82, 2.24) is 24.6 Å². The molecular weight excluding hydrogens is 389 g/mol. The highest BCUT2D eigenvalue weighted by atomic mass is 32.2. The van der Waals surface area contributed by atoms with Gasteiger partial charge in [-0.1, -0.05) is 23.9 Å². The minimum Gasteiger partial charge on any atom is -0.440 e. The predicted molar refractivity (Wildman–Crippen MR) is 109 cm³/mol. The Morgan fingerprint density at radius 1 is 1.34 bits per heavy atom. The molecule has 8 heteroatoms. The molecule has 152 valence electrons. The number of piperidine rings is 1. The number of halogens is 1. The number of likely N-dealkylation sites (tertiary alicyclic amines) is 1. The van der Waals surface area contributed by atoms with E-state index in [2.05, 4.69) is 26.1 Å². The van der Waals surface area contributed by atoms with E-state index >= 15 is 0 Å². The second-order valence-electron chi connectivity index (χ2n) is 8.14. The molecule has 3 aromatic rings. The van der Waals surface area contributed by atoms with E-state index in [-0.39, 0.29) is 11.2 Å². The van der Waals surface area contributed by atoms with E-state index in [1.165, 1.54) is 24.4 Å². The molecule has 1 unspecified atom stereocenters. The van der Waals surface area contributed by atoms with Gasteiger partial charge in [-0.05, 0) is 49.9 Å². The van der Waals surface area contributed by atoms with Gasteiger partial charge in [0.2, 0.25) is 5.82 Å². The maximum atomic E-state index is 13.6. The van der Waals surface area contributed by atoms with Crippen molar-refractivity contribution >= 4 is 11.8 Å². The summed E-state index contributed by atoms with van der Waals surface area (Å²) in [5.74, 6) is 2.92. The van der Waals surface area contributed by atoms with Crippen molar-refractivity contribution in [3.8, 4) is 11.6 Å². The molecule has 29 heavy (non-hydrogen) atoms. The van der Waals surface area contributed by atoms with Gasteiger partial charge in [-0.25, -0.2) is 9.37 Å². The van der Waals surface area contributed by atoms with Crippen molar-refractivity contribution in [3.05, 3.63) is 47.7 Å². The molecule has 2 fully saturated rings. The van der Waals surface area contributed by atoms with Gasteiger partial charge in [-0.3, -0.25) is 0 Å². The Bertz CT molecular complexity index is 1030. The highest BCUT2D eigenvalue weighted by molar-refractivity contribution is 7.99. The van der Waals surface area contributed by atoms with Crippen LogP contribution in [0, 0.1) is 18.7 Å². The molecule has 0 spiro atoms. The lowest BCUT2D eigenvalue weighted by Gasteiger charge is -2.21. The zero-order valence-corrected chi connectivity index (χ0v) is 17.5. The molecule has 0 amide bonds. The van der Waals surface area contributed by atoms with E-state index in [0.29, 0.717) is 17.5 Å². The van der Waals surface area contributed by atoms with Crippen LogP contribution in [-0.2, 0) is 12.5 Å². The summed E-state index contributed by atoms with van der Waals surface area (Å²) in [6.07, 6.45) is 3.72. The normalized spacial score (nSPS) is 23.5. The summed E-state index contributed by atoms with van der Waals surface area (Å²) >= 11 is 1.71. The summed E-state index contributed by atoms with van der Waals surface area (Å²) in [5.41, 5.74) is 2.19. The molecule has 2 aromatic heterocycles. The number of aryl methyl sites for hydroxylation is 1. The number of aromatic nitrogens is 4. The monoisotopic (exact) mass is 413 g/mol. The van der Waals surface area contributed by atoms with Crippen molar-refractivity contribution < 1.29 is 8.81 Å². The van der Waals surface area contributed by atoms with Crippen LogP contribution in [0.15, 0.2) is 40.2 Å². The van der Waals surface area contributed by atoms with Gasteiger partial charge >= 0.3 is 0 Å². The fourth-order valence-electron chi connectivity index (χ4n) is 4.61. The second-order valence-corrected chi connectivity index (χ2v) is 9.20. The Labute approximate surface area is 173 Å². The van der Waals surface area contributed by atoms with E-state index < -0.39 is 0 Å². The lowest BCUT2D eigenvalue weighted by atomic mass is 9.95. The van der Waals surface area contributed by atoms with Gasteiger partial charge in [-0.2, -0.15) is 0 Å². The number of fused-ring (bicyclic) bond motifs is 1. The predicted octanol–water partition coefficient (Wildman–Crippen LogP) is 3.67. The molecule has 1 aliphatic carbocycles. The highest BCUT2D eigenvalue weighted by Crippen LogP contribution is 2.59. The lowest BCUT2D eigenvalue weighted by molar-refractivity contribution is 0.299. The maximum absolute atomic E-state index is 13.6. The van der Waals surface area contributed by atoms with Crippen molar-refractivity contribution in [2.45, 2.75) is 30.3 Å². The number of nitrogens with zero attached hydrogens (tertiary/aromatic N) is 5. The van der Waals surface area contributed by atoms with Crippen LogP contribution in [0.1, 0.15) is 24.1 Å². The second kappa shape index (κ2) is 7.25. The first kappa shape index (κ1) is 18.8. The standard InChI is InChI=1S/C21H24FN5OS/c1-14-18(28-13-23-14)19-24-25-20(26(19)2)29-8-4-7-27-11-16-10-21(16,12-27)15-5-3-6-17(22)9-15/h3,5-6,9,13,16H,4,7-8,10-12H2,1-2H3/t16-,21?/m1/s1. The quantitative estimate of drug-likeness (QED) is 0.435. The fraction of sp³-hybridized carbons (Fsp3) is 0.476. The first-order chi connectivity index (χ1) is 14.1. The van der Waals surface area contributed by atoms with Crippen LogP contribution < -0.4 is 0 Å². The van der Waals surface area contributed by atoms with Crippen LogP contribution in [0.5, 0.6) is 0 Å². The Morgan fingerprint density at radius 3 is 3.03 bits per heavy atom. The molecule has 3 heterocycles. The van der Waals surface area contributed by atoms with E-state index in [4.69, 9.17) is 4.42 Å². The molecule has 1 aromatic carbocycles. The Kier molecular flexibility index (Phi) is 4.70. The largest absolute Gasteiger partial charge is 0.440 e. The molecule has 1 saturated carbocycles. The number of rotatable bonds is 7. The summed E-state index contributed by atoms with van der Waals surface area (Å²) in [6, 6.07) is 7.18. The molecule has 0 radical (unpaired) electrons. The Hall–Kier alpha value is -2.19. The number of benzene rings is 1. The van der Waals surface area contributed by atoms with Gasteiger partial charge in [0.1, 0.15) is 5.82 Å². The molecule has 6 nitrogen and oxygen atoms in total. The minimum atomic E-state index is -0.124. The molecule has 2 atom stereocenters. The van der Waals surface area contributed by atoms with Crippen molar-refractivity contribution in [3.63, 3.8) is 0 Å². The van der Waals surface area contributed by atoms with Crippen molar-refractivity contribution in [1.29, 1.82) is 0 Å². The van der Waals surface area contributed by atoms with Crippen LogP contribution in [0.3, 0.4) is 0 Å². The summed E-state index contributed by atoms with van der Waals surface area (Å²) in [5, 5.41) is 9.44. The van der Waals surface area contributed by atoms with Crippen LogP contribution in [0.2, 0.25) is 0 Å². The average molecular weight is 414 g/mol. The van der Waals surface area contributed by atoms with E-state index in [9.17, 15) is 4.39 Å². The molecule has 1 aliphatic heterocycles. The van der Waals surface area contributed by atoms with Crippen LogP contribution >= 0.6 is 11.8 Å². The molecule has 0 N–H and O–H groups in total. The number of hydrogen-bond donors (Lipinski definition) is 0. The molecule has 2 aliphatic rings. The topological polar surface area (TPSA) is 60.0 Å². The van der Waals surface area contributed by atoms with Gasteiger partial charge in [0.15, 0.2) is 17.3 Å². The number of oxazole rings is 1. The zero-order chi connectivity index (χ0) is 20.0. The summed E-state index contributed by atoms with van der Waals surface area (Å²) in [4.78, 5) is 6.65. The molecular formula is C21H24FN5OS. The Morgan fingerprint density at radius 2 is 2.24 bits per heavy atom. The fourth-order valence-corrected chi connectivity index (χ4v) is 5.44. The third-order valence-corrected chi connectivity index (χ3v) is 7.36. The van der Waals surface area contributed by atoms with Crippen LogP contribution in [-0.4, -0.2) is 50.0 Å². The lowest BCUT2D eigenvalue weighted by Crippen LogP contribution is -2.28. The van der Waals surface area contributed by atoms with Gasteiger partial charge in [-0.15, -0.1) is 10.2 Å². The third kappa shape index (κ3) is 3.38. The summed E-state index contributed by atoms with van der Waals surface area (Å²) < 4.78 is 21.0. The van der Waals surface area contributed by atoms with Crippen molar-refractivity contribution in [2.75, 3.05) is 25.4 Å². The number of thioether (sulfide) groups is 1. The van der Waals surface area contributed by atoms with Crippen LogP contribution in [0.4, 0.5) is 4.39 Å². The van der Waals surface area contributed by atoms with E-state index in [0.717, 1.165) is 42.7 Å². The Balaban J connectivity index is 1.13. The van der Waals surface area contributed by atoms with E-state index in [1.54, 1.807) is 17.8 Å². The van der Waals surface area contributed by atoms with Gasteiger partial charge < -0.3 is 13.9 Å². The van der Waals surface area contributed by atoms with Crippen molar-refractivity contribution in [2.24, 2.45) is 13.0 Å². The minimum absolute atomic E-state index is 0.124. The first-order valence-electron chi connectivity index (χ1n) is 9.98. The number of hydrogen-bond acceptors (Lipinski definition) is 6. The zero-order valence-electron chi connectivity index (χ0n) is 16.6. The average Bonchev–Trinajstić information content (AvgIpc) is 3.01. The molecule has 5 rings (SSSR count). The summed E-state index contributed by atoms with van der Waals surface area (Å²) in [6.45, 7) is 5.13. The highest BCUT2D eigenvalue weighted by Gasteiger charge is 2.60. The maximum Gasteiger partial charge on any atom is 0.202 e. The van der Waals surface area contributed by atoms with Crippen LogP contribution in [0.25, 0.3) is 11.6 Å². The summed E-state index contributed by atoms with van der Waals surface area (Å²) in [7, 11) is 1.95. The SMILES string of the molecule is Cc1ncoc1-c1nnc(SCCCN2C[C@H]3CC3(c3cccc(F)c3)C2)n1C. The van der Waals surface area contributed by atoms with Gasteiger partial charge in [0.05, 0.1) is 5.69 Å². The first-order valence-corrected chi connectivity index (χ1v) is 11.0. The smallest absolute Gasteiger partial charge is 0.202 e. The van der Waals surface area contributed by atoms with Gasteiger partial charge in [0, 0.05) is 31.3 Å². The molecule has 1 saturated heterocycles. The van der Waals surface area contributed by atoms with Gasteiger partial charge in [0.25, 0.3) is 0 Å². The van der Waals surface area contributed by atoms with E-state index in [1.807, 2.05) is 24.6 Å². The third-order valence-electron chi connectivity index (χ3n) is 6.25. The molecule has 0 bridgehead atoms.